The van der Waals surface area contributed by atoms with E-state index in [0.717, 1.165) is 4.90 Å². The van der Waals surface area contributed by atoms with E-state index in [4.69, 9.17) is 4.74 Å². The molecular formula is C19H17N3O6. The Balaban J connectivity index is 1.80. The van der Waals surface area contributed by atoms with E-state index < -0.39 is 34.7 Å². The number of urea groups is 1. The molecule has 0 bridgehead atoms. The fraction of sp³-hybridized carbons (Fsp3) is 0.211. The molecule has 0 spiro atoms. The molecule has 3 rings (SSSR count). The van der Waals surface area contributed by atoms with Crippen molar-refractivity contribution < 1.29 is 24.0 Å². The number of ether oxygens (including phenoxy) is 1. The second kappa shape index (κ2) is 7.10. The lowest BCUT2D eigenvalue weighted by molar-refractivity contribution is -0.384. The lowest BCUT2D eigenvalue weighted by Crippen LogP contribution is -2.41. The average molecular weight is 383 g/mol. The summed E-state index contributed by atoms with van der Waals surface area (Å²) in [4.78, 5) is 48.7. The summed E-state index contributed by atoms with van der Waals surface area (Å²) < 4.78 is 5.03. The van der Waals surface area contributed by atoms with Crippen LogP contribution in [0.1, 0.15) is 22.8 Å². The predicted molar refractivity (Wildman–Crippen MR) is 98.0 cm³/mol. The van der Waals surface area contributed by atoms with Gasteiger partial charge in [-0.05, 0) is 48.9 Å². The van der Waals surface area contributed by atoms with E-state index in [0.29, 0.717) is 16.9 Å². The third-order valence-corrected chi connectivity index (χ3v) is 4.64. The van der Waals surface area contributed by atoms with Gasteiger partial charge in [-0.15, -0.1) is 0 Å². The topological polar surface area (TPSA) is 119 Å². The van der Waals surface area contributed by atoms with Crippen LogP contribution in [-0.4, -0.2) is 41.2 Å². The molecule has 0 aromatic heterocycles. The van der Waals surface area contributed by atoms with Gasteiger partial charge in [0.15, 0.2) is 5.78 Å². The lowest BCUT2D eigenvalue weighted by Gasteiger charge is -2.22. The molecule has 1 atom stereocenters. The predicted octanol–water partition coefficient (Wildman–Crippen LogP) is 2.25. The molecule has 1 fully saturated rings. The number of carbonyl (C=O) groups excluding carboxylic acids is 3. The number of rotatable bonds is 6. The third-order valence-electron chi connectivity index (χ3n) is 4.64. The van der Waals surface area contributed by atoms with Crippen molar-refractivity contribution in [2.24, 2.45) is 0 Å². The smallest absolute Gasteiger partial charge is 0.325 e. The summed E-state index contributed by atoms with van der Waals surface area (Å²) in [6, 6.07) is 10.9. The van der Waals surface area contributed by atoms with Gasteiger partial charge in [-0.25, -0.2) is 4.79 Å². The Morgan fingerprint density at radius 1 is 1.14 bits per heavy atom. The van der Waals surface area contributed by atoms with Crippen LogP contribution in [0.15, 0.2) is 48.5 Å². The van der Waals surface area contributed by atoms with E-state index in [-0.39, 0.29) is 5.69 Å². The Kier molecular flexibility index (Phi) is 4.83. The van der Waals surface area contributed by atoms with Gasteiger partial charge in [0, 0.05) is 17.7 Å². The van der Waals surface area contributed by atoms with Crippen LogP contribution in [0.4, 0.5) is 10.5 Å². The maximum atomic E-state index is 12.9. The van der Waals surface area contributed by atoms with Crippen LogP contribution in [0.25, 0.3) is 0 Å². The third kappa shape index (κ3) is 3.29. The van der Waals surface area contributed by atoms with Crippen LogP contribution in [0.5, 0.6) is 5.75 Å². The van der Waals surface area contributed by atoms with Gasteiger partial charge in [-0.2, -0.15) is 0 Å². The number of ketones is 1. The van der Waals surface area contributed by atoms with Crippen molar-refractivity contribution in [2.45, 2.75) is 12.5 Å². The quantitative estimate of drug-likeness (QED) is 0.354. The van der Waals surface area contributed by atoms with Crippen LogP contribution < -0.4 is 10.1 Å². The summed E-state index contributed by atoms with van der Waals surface area (Å²) in [6.45, 7) is 1.08. The van der Waals surface area contributed by atoms with E-state index in [1.165, 1.54) is 38.3 Å². The van der Waals surface area contributed by atoms with E-state index in [2.05, 4.69) is 5.32 Å². The number of nitrogens with one attached hydrogen (secondary N) is 1. The standard InChI is InChI=1S/C19H17N3O6/c1-19(13-5-7-14(8-6-13)22(26)27)17(24)21(18(25)20-19)11-16(23)12-3-9-15(28-2)10-4-12/h3-10H,11H2,1-2H3,(H,20,25). The molecule has 1 saturated heterocycles. The number of benzene rings is 2. The van der Waals surface area contributed by atoms with Crippen LogP contribution in [0.3, 0.4) is 0 Å². The molecule has 1 unspecified atom stereocenters. The van der Waals surface area contributed by atoms with Crippen molar-refractivity contribution >= 4 is 23.4 Å². The number of carbonyl (C=O) groups is 3. The van der Waals surface area contributed by atoms with Crippen LogP contribution in [-0.2, 0) is 10.3 Å². The maximum absolute atomic E-state index is 12.9. The molecule has 144 valence electrons. The Morgan fingerprint density at radius 2 is 1.75 bits per heavy atom. The summed E-state index contributed by atoms with van der Waals surface area (Å²) in [5.74, 6) is -0.426. The number of hydrogen-bond acceptors (Lipinski definition) is 6. The van der Waals surface area contributed by atoms with Crippen molar-refractivity contribution in [2.75, 3.05) is 13.7 Å². The Morgan fingerprint density at radius 3 is 2.29 bits per heavy atom. The second-order valence-electron chi connectivity index (χ2n) is 6.40. The molecule has 2 aromatic carbocycles. The van der Waals surface area contributed by atoms with Crippen molar-refractivity contribution in [1.29, 1.82) is 0 Å². The van der Waals surface area contributed by atoms with Gasteiger partial charge in [0.05, 0.1) is 18.6 Å². The fourth-order valence-corrected chi connectivity index (χ4v) is 2.96. The van der Waals surface area contributed by atoms with Gasteiger partial charge in [-0.3, -0.25) is 24.6 Å². The van der Waals surface area contributed by atoms with Gasteiger partial charge >= 0.3 is 6.03 Å². The highest BCUT2D eigenvalue weighted by atomic mass is 16.6. The van der Waals surface area contributed by atoms with Gasteiger partial charge in [0.25, 0.3) is 11.6 Å². The fourth-order valence-electron chi connectivity index (χ4n) is 2.96. The molecule has 1 heterocycles. The van der Waals surface area contributed by atoms with E-state index in [9.17, 15) is 24.5 Å². The molecule has 9 heteroatoms. The van der Waals surface area contributed by atoms with Crippen LogP contribution >= 0.6 is 0 Å². The summed E-state index contributed by atoms with van der Waals surface area (Å²) >= 11 is 0. The highest BCUT2D eigenvalue weighted by Crippen LogP contribution is 2.30. The number of methoxy groups -OCH3 is 1. The molecule has 2 aromatic rings. The molecule has 0 saturated carbocycles. The van der Waals surface area contributed by atoms with Gasteiger partial charge in [0.2, 0.25) is 0 Å². The first-order valence-electron chi connectivity index (χ1n) is 8.32. The molecule has 3 amide bonds. The van der Waals surface area contributed by atoms with E-state index >= 15 is 0 Å². The monoisotopic (exact) mass is 383 g/mol. The molecule has 1 aliphatic heterocycles. The minimum absolute atomic E-state index is 0.129. The summed E-state index contributed by atoms with van der Waals surface area (Å²) in [5.41, 5.74) is -0.816. The average Bonchev–Trinajstić information content (AvgIpc) is 2.92. The first kappa shape index (κ1) is 19.0. The van der Waals surface area contributed by atoms with Crippen molar-refractivity contribution in [1.82, 2.24) is 10.2 Å². The number of amides is 3. The molecule has 1 aliphatic rings. The van der Waals surface area contributed by atoms with Gasteiger partial charge in [0.1, 0.15) is 11.3 Å². The lowest BCUT2D eigenvalue weighted by atomic mass is 9.92. The number of nitro benzene ring substituents is 1. The zero-order valence-electron chi connectivity index (χ0n) is 15.2. The largest absolute Gasteiger partial charge is 0.497 e. The van der Waals surface area contributed by atoms with E-state index in [1.54, 1.807) is 24.3 Å². The van der Waals surface area contributed by atoms with E-state index in [1.807, 2.05) is 0 Å². The zero-order valence-corrected chi connectivity index (χ0v) is 15.2. The zero-order chi connectivity index (χ0) is 20.5. The minimum Gasteiger partial charge on any atom is -0.497 e. The molecule has 1 N–H and O–H groups in total. The minimum atomic E-state index is -1.41. The Hall–Kier alpha value is -3.75. The number of imide groups is 1. The number of Topliss-reactive ketones (excluding diaryl/α,β-unsaturated/α-hetero) is 1. The number of hydrogen-bond donors (Lipinski definition) is 1. The highest BCUT2D eigenvalue weighted by Gasteiger charge is 2.49. The van der Waals surface area contributed by atoms with Gasteiger partial charge < -0.3 is 10.1 Å². The van der Waals surface area contributed by atoms with Crippen LogP contribution in [0, 0.1) is 10.1 Å². The normalized spacial score (nSPS) is 18.7. The highest BCUT2D eigenvalue weighted by molar-refractivity contribution is 6.11. The first-order chi connectivity index (χ1) is 13.3. The molecule has 9 nitrogen and oxygen atoms in total. The summed E-state index contributed by atoms with van der Waals surface area (Å²) in [7, 11) is 1.50. The molecule has 0 radical (unpaired) electrons. The molecule has 0 aliphatic carbocycles. The second-order valence-corrected chi connectivity index (χ2v) is 6.40. The maximum Gasteiger partial charge on any atom is 0.325 e. The summed E-state index contributed by atoms with van der Waals surface area (Å²) in [6.07, 6.45) is 0. The van der Waals surface area contributed by atoms with Gasteiger partial charge in [-0.1, -0.05) is 0 Å². The molecular weight excluding hydrogens is 366 g/mol. The number of nitrogens with zero attached hydrogens (tertiary/aromatic N) is 2. The number of non-ortho nitro benzene ring substituents is 1. The summed E-state index contributed by atoms with van der Waals surface area (Å²) in [5, 5.41) is 13.4. The van der Waals surface area contributed by atoms with Crippen molar-refractivity contribution in [3.63, 3.8) is 0 Å². The van der Waals surface area contributed by atoms with Crippen molar-refractivity contribution in [3.05, 3.63) is 69.8 Å². The Labute approximate surface area is 160 Å². The molecule has 28 heavy (non-hydrogen) atoms. The Bertz CT molecular complexity index is 955. The van der Waals surface area contributed by atoms with Crippen molar-refractivity contribution in [3.8, 4) is 5.75 Å². The number of nitro groups is 1. The van der Waals surface area contributed by atoms with Crippen LogP contribution in [0.2, 0.25) is 0 Å². The SMILES string of the molecule is COc1ccc(C(=O)CN2C(=O)NC(C)(c3ccc([N+](=O)[O-])cc3)C2=O)cc1. The first-order valence-corrected chi connectivity index (χ1v) is 8.32.